The minimum Gasteiger partial charge on any atom is -0.494 e. The zero-order valence-corrected chi connectivity index (χ0v) is 15.1. The maximum absolute atomic E-state index is 13.7. The Morgan fingerprint density at radius 2 is 1.48 bits per heavy atom. The van der Waals surface area contributed by atoms with Crippen LogP contribution in [0.2, 0.25) is 0 Å². The van der Waals surface area contributed by atoms with Gasteiger partial charge in [0.15, 0.2) is 0 Å². The standard InChI is InChI=1S/C22H16F2N2O3/c23-15-2-1-3-16(24)19(15)25-20(27)11-6-8-14(9-7-11)26-21(28)17-12-4-5-13(10-12)18(17)22(26)29/h1-9,12-13,28-29H,10H2,(H,25,27)/t12-,13+. The second kappa shape index (κ2) is 6.20. The van der Waals surface area contributed by atoms with E-state index in [9.17, 15) is 23.8 Å². The number of nitrogens with one attached hydrogen (secondary N) is 1. The van der Waals surface area contributed by atoms with Crippen LogP contribution in [0.25, 0.3) is 5.69 Å². The smallest absolute Gasteiger partial charge is 0.255 e. The summed E-state index contributed by atoms with van der Waals surface area (Å²) in [5, 5.41) is 23.5. The van der Waals surface area contributed by atoms with E-state index >= 15 is 0 Å². The molecule has 5 rings (SSSR count). The van der Waals surface area contributed by atoms with E-state index in [4.69, 9.17) is 0 Å². The summed E-state index contributed by atoms with van der Waals surface area (Å²) in [4.78, 5) is 12.3. The van der Waals surface area contributed by atoms with Gasteiger partial charge in [-0.25, -0.2) is 8.78 Å². The number of carbonyl (C=O) groups is 1. The average Bonchev–Trinajstić information content (AvgIpc) is 3.39. The van der Waals surface area contributed by atoms with Gasteiger partial charge in [-0.2, -0.15) is 0 Å². The second-order valence-electron chi connectivity index (χ2n) is 7.24. The predicted molar refractivity (Wildman–Crippen MR) is 103 cm³/mol. The number of nitrogens with zero attached hydrogens (tertiary/aromatic N) is 1. The molecular weight excluding hydrogens is 378 g/mol. The van der Waals surface area contributed by atoms with Gasteiger partial charge in [0.05, 0.1) is 5.69 Å². The number of amides is 1. The Morgan fingerprint density at radius 3 is 2.03 bits per heavy atom. The van der Waals surface area contributed by atoms with E-state index in [1.807, 2.05) is 12.2 Å². The van der Waals surface area contributed by atoms with Gasteiger partial charge in [0.1, 0.15) is 17.3 Å². The molecule has 146 valence electrons. The molecule has 2 bridgehead atoms. The van der Waals surface area contributed by atoms with Gasteiger partial charge in [-0.3, -0.25) is 9.36 Å². The van der Waals surface area contributed by atoms with E-state index in [1.165, 1.54) is 22.8 Å². The summed E-state index contributed by atoms with van der Waals surface area (Å²) in [5.74, 6) is -2.23. The predicted octanol–water partition coefficient (Wildman–Crippen LogP) is 4.56. The van der Waals surface area contributed by atoms with Crippen LogP contribution in [0.4, 0.5) is 14.5 Å². The second-order valence-corrected chi connectivity index (χ2v) is 7.24. The van der Waals surface area contributed by atoms with E-state index in [1.54, 1.807) is 12.1 Å². The maximum atomic E-state index is 13.7. The Kier molecular flexibility index (Phi) is 3.74. The van der Waals surface area contributed by atoms with Crippen LogP contribution in [0.1, 0.15) is 39.7 Å². The van der Waals surface area contributed by atoms with Crippen molar-refractivity contribution < 1.29 is 23.8 Å². The van der Waals surface area contributed by atoms with E-state index < -0.39 is 23.2 Å². The lowest BCUT2D eigenvalue weighted by atomic mass is 10.0. The summed E-state index contributed by atoms with van der Waals surface area (Å²) in [6.07, 6.45) is 4.93. The third-order valence-corrected chi connectivity index (χ3v) is 5.61. The molecule has 5 nitrogen and oxygen atoms in total. The van der Waals surface area contributed by atoms with Crippen molar-refractivity contribution in [2.24, 2.45) is 0 Å². The number of hydrogen-bond acceptors (Lipinski definition) is 3. The highest BCUT2D eigenvalue weighted by atomic mass is 19.1. The fraction of sp³-hybridized carbons (Fsp3) is 0.136. The average molecular weight is 394 g/mol. The van der Waals surface area contributed by atoms with Gasteiger partial charge in [0.2, 0.25) is 11.8 Å². The molecule has 1 heterocycles. The SMILES string of the molecule is O=C(Nc1c(F)cccc1F)c1ccc(-n2c(O)c3c(c2O)[C@H]2C=C[C@@H]3C2)cc1. The number of carbonyl (C=O) groups excluding carboxylic acids is 1. The monoisotopic (exact) mass is 394 g/mol. The number of para-hydroxylation sites is 1. The van der Waals surface area contributed by atoms with Gasteiger partial charge in [-0.15, -0.1) is 0 Å². The number of benzene rings is 2. The minimum atomic E-state index is -0.866. The van der Waals surface area contributed by atoms with Crippen LogP contribution >= 0.6 is 0 Å². The molecule has 0 aliphatic heterocycles. The van der Waals surface area contributed by atoms with Gasteiger partial charge < -0.3 is 15.5 Å². The van der Waals surface area contributed by atoms with E-state index in [0.29, 0.717) is 5.69 Å². The first-order chi connectivity index (χ1) is 14.0. The zero-order valence-electron chi connectivity index (χ0n) is 15.1. The van der Waals surface area contributed by atoms with Crippen molar-refractivity contribution in [1.82, 2.24) is 4.57 Å². The van der Waals surface area contributed by atoms with Crippen molar-refractivity contribution in [1.29, 1.82) is 0 Å². The Balaban J connectivity index is 1.44. The molecule has 29 heavy (non-hydrogen) atoms. The molecule has 1 amide bonds. The molecule has 3 N–H and O–H groups in total. The van der Waals surface area contributed by atoms with Crippen LogP contribution in [0, 0.1) is 11.6 Å². The van der Waals surface area contributed by atoms with Crippen molar-refractivity contribution in [3.8, 4) is 17.4 Å². The molecule has 0 radical (unpaired) electrons. The Hall–Kier alpha value is -3.61. The fourth-order valence-corrected chi connectivity index (χ4v) is 4.25. The summed E-state index contributed by atoms with van der Waals surface area (Å²) in [6, 6.07) is 9.35. The number of anilines is 1. The Morgan fingerprint density at radius 1 is 0.931 bits per heavy atom. The van der Waals surface area contributed by atoms with E-state index in [2.05, 4.69) is 5.32 Å². The minimum absolute atomic E-state index is 0.0139. The largest absolute Gasteiger partial charge is 0.494 e. The van der Waals surface area contributed by atoms with Crippen molar-refractivity contribution in [2.45, 2.75) is 18.3 Å². The highest BCUT2D eigenvalue weighted by molar-refractivity contribution is 6.04. The van der Waals surface area contributed by atoms with Crippen molar-refractivity contribution in [3.63, 3.8) is 0 Å². The molecule has 0 unspecified atom stereocenters. The number of halogens is 2. The molecule has 0 saturated heterocycles. The first-order valence-corrected chi connectivity index (χ1v) is 9.16. The summed E-state index contributed by atoms with van der Waals surface area (Å²) in [7, 11) is 0. The number of aromatic nitrogens is 1. The van der Waals surface area contributed by atoms with Gasteiger partial charge in [0, 0.05) is 28.5 Å². The molecule has 0 saturated carbocycles. The number of aromatic hydroxyl groups is 2. The van der Waals surface area contributed by atoms with Crippen LogP contribution in [0.5, 0.6) is 11.8 Å². The lowest BCUT2D eigenvalue weighted by Gasteiger charge is -2.11. The van der Waals surface area contributed by atoms with Crippen LogP contribution in [0.3, 0.4) is 0 Å². The highest BCUT2D eigenvalue weighted by Crippen LogP contribution is 2.57. The fourth-order valence-electron chi connectivity index (χ4n) is 4.25. The molecule has 3 aromatic rings. The van der Waals surface area contributed by atoms with Crippen molar-refractivity contribution >= 4 is 11.6 Å². The third kappa shape index (κ3) is 2.54. The summed E-state index contributed by atoms with van der Waals surface area (Å²) in [6.45, 7) is 0. The van der Waals surface area contributed by atoms with Crippen LogP contribution in [0.15, 0.2) is 54.6 Å². The molecule has 2 atom stereocenters. The van der Waals surface area contributed by atoms with Crippen LogP contribution in [-0.4, -0.2) is 20.7 Å². The lowest BCUT2D eigenvalue weighted by Crippen LogP contribution is -2.14. The Bertz CT molecular complexity index is 1130. The molecule has 0 spiro atoms. The molecular formula is C22H16F2N2O3. The topological polar surface area (TPSA) is 74.5 Å². The van der Waals surface area contributed by atoms with Crippen LogP contribution in [-0.2, 0) is 0 Å². The first-order valence-electron chi connectivity index (χ1n) is 9.16. The molecule has 2 aliphatic carbocycles. The lowest BCUT2D eigenvalue weighted by molar-refractivity contribution is 0.102. The summed E-state index contributed by atoms with van der Waals surface area (Å²) >= 11 is 0. The molecule has 0 fully saturated rings. The normalized spacial score (nSPS) is 18.8. The van der Waals surface area contributed by atoms with Crippen LogP contribution < -0.4 is 5.32 Å². The zero-order chi connectivity index (χ0) is 20.3. The number of fused-ring (bicyclic) bond motifs is 5. The molecule has 2 aliphatic rings. The number of allylic oxidation sites excluding steroid dienone is 2. The van der Waals surface area contributed by atoms with Gasteiger partial charge in [0.25, 0.3) is 5.91 Å². The number of rotatable bonds is 3. The molecule has 2 aromatic carbocycles. The summed E-state index contributed by atoms with van der Waals surface area (Å²) in [5.41, 5.74) is 1.62. The van der Waals surface area contributed by atoms with Gasteiger partial charge in [-0.05, 0) is 42.8 Å². The summed E-state index contributed by atoms with van der Waals surface area (Å²) < 4.78 is 28.8. The van der Waals surface area contributed by atoms with Gasteiger partial charge >= 0.3 is 0 Å². The van der Waals surface area contributed by atoms with E-state index in [0.717, 1.165) is 29.7 Å². The van der Waals surface area contributed by atoms with Crippen molar-refractivity contribution in [2.75, 3.05) is 5.32 Å². The van der Waals surface area contributed by atoms with Crippen molar-refractivity contribution in [3.05, 3.63) is 82.9 Å². The Labute approximate surface area is 164 Å². The highest BCUT2D eigenvalue weighted by Gasteiger charge is 2.41. The first kappa shape index (κ1) is 17.5. The molecule has 1 aromatic heterocycles. The third-order valence-electron chi connectivity index (χ3n) is 5.61. The van der Waals surface area contributed by atoms with E-state index in [-0.39, 0.29) is 29.2 Å². The molecule has 7 heteroatoms. The number of hydrogen-bond donors (Lipinski definition) is 3. The van der Waals surface area contributed by atoms with Gasteiger partial charge in [-0.1, -0.05) is 18.2 Å². The maximum Gasteiger partial charge on any atom is 0.255 e. The quantitative estimate of drug-likeness (QED) is 0.570.